The number of nitrogens with zero attached hydrogens (tertiary/aromatic N) is 2. The van der Waals surface area contributed by atoms with E-state index >= 15 is 0 Å². The van der Waals surface area contributed by atoms with Crippen molar-refractivity contribution in [3.8, 4) is 0 Å². The highest BCUT2D eigenvalue weighted by Gasteiger charge is 2.31. The summed E-state index contributed by atoms with van der Waals surface area (Å²) in [5.74, 6) is 0. The summed E-state index contributed by atoms with van der Waals surface area (Å²) in [6.07, 6.45) is 5.55. The molecular formula is C12H19ClIN3. The summed E-state index contributed by atoms with van der Waals surface area (Å²) in [6.45, 7) is 6.59. The summed E-state index contributed by atoms with van der Waals surface area (Å²) < 4.78 is 1.16. The molecule has 0 aromatic carbocycles. The summed E-state index contributed by atoms with van der Waals surface area (Å²) in [4.78, 5) is 6.37. The summed E-state index contributed by atoms with van der Waals surface area (Å²) in [5, 5.41) is 0.505. The van der Waals surface area contributed by atoms with Gasteiger partial charge in [-0.1, -0.05) is 25.4 Å². The van der Waals surface area contributed by atoms with Crippen molar-refractivity contribution >= 4 is 40.5 Å². The summed E-state index contributed by atoms with van der Waals surface area (Å²) >= 11 is 8.51. The molecule has 2 unspecified atom stereocenters. The first kappa shape index (κ1) is 14.8. The highest BCUT2D eigenvalue weighted by atomic mass is 127. The minimum atomic E-state index is 0.313. The molecule has 0 amide bonds. The monoisotopic (exact) mass is 367 g/mol. The van der Waals surface area contributed by atoms with E-state index < -0.39 is 0 Å². The molecule has 0 fully saturated rings. The van der Waals surface area contributed by atoms with Gasteiger partial charge in [0.2, 0.25) is 0 Å². The molecule has 1 heterocycles. The Hall–Kier alpha value is -0.230. The van der Waals surface area contributed by atoms with Gasteiger partial charge in [-0.3, -0.25) is 0 Å². The molecule has 1 aliphatic heterocycles. The van der Waals surface area contributed by atoms with Gasteiger partial charge in [0.1, 0.15) is 5.16 Å². The zero-order valence-corrected chi connectivity index (χ0v) is 13.4. The van der Waals surface area contributed by atoms with Gasteiger partial charge in [-0.25, -0.2) is 4.99 Å². The molecule has 0 saturated carbocycles. The van der Waals surface area contributed by atoms with Crippen molar-refractivity contribution in [2.75, 3.05) is 0 Å². The van der Waals surface area contributed by atoms with E-state index in [1.165, 1.54) is 6.34 Å². The van der Waals surface area contributed by atoms with E-state index in [0.29, 0.717) is 17.2 Å². The lowest BCUT2D eigenvalue weighted by Crippen LogP contribution is -2.34. The van der Waals surface area contributed by atoms with Gasteiger partial charge < -0.3 is 10.6 Å². The molecule has 0 spiro atoms. The molecule has 5 heteroatoms. The van der Waals surface area contributed by atoms with Crippen LogP contribution < -0.4 is 5.73 Å². The Morgan fingerprint density at radius 2 is 2.35 bits per heavy atom. The maximum Gasteiger partial charge on any atom is 0.137 e. The fraction of sp³-hybridized carbons (Fsp3) is 0.583. The second-order valence-electron chi connectivity index (χ2n) is 4.09. The van der Waals surface area contributed by atoms with Gasteiger partial charge in [0.15, 0.2) is 0 Å². The molecule has 0 aliphatic carbocycles. The topological polar surface area (TPSA) is 41.6 Å². The zero-order valence-electron chi connectivity index (χ0n) is 10.5. The molecule has 2 atom stereocenters. The number of hydrogen-bond donors (Lipinski definition) is 1. The van der Waals surface area contributed by atoms with Crippen molar-refractivity contribution in [1.29, 1.82) is 0 Å². The molecule has 17 heavy (non-hydrogen) atoms. The van der Waals surface area contributed by atoms with E-state index in [-0.39, 0.29) is 0 Å². The maximum absolute atomic E-state index is 6.20. The standard InChI is InChI=1S/C12H19ClIN3/c1-4-8(3)17-6-9(14)11(10(17)5-2)12(13)16-7-15/h6-8,10H,4-5H2,1-3H3,(H2,15,16)/b12-11-. The molecule has 0 saturated heterocycles. The van der Waals surface area contributed by atoms with Crippen LogP contribution in [-0.2, 0) is 0 Å². The smallest absolute Gasteiger partial charge is 0.137 e. The quantitative estimate of drug-likeness (QED) is 0.357. The molecule has 0 bridgehead atoms. The molecule has 3 nitrogen and oxygen atoms in total. The second-order valence-corrected chi connectivity index (χ2v) is 5.61. The molecule has 1 aliphatic rings. The third kappa shape index (κ3) is 3.16. The van der Waals surface area contributed by atoms with Crippen LogP contribution in [0.15, 0.2) is 25.5 Å². The Bertz CT molecular complexity index is 363. The van der Waals surface area contributed by atoms with E-state index in [1.807, 2.05) is 0 Å². The molecule has 96 valence electrons. The van der Waals surface area contributed by atoms with Crippen molar-refractivity contribution in [3.63, 3.8) is 0 Å². The van der Waals surface area contributed by atoms with Crippen molar-refractivity contribution in [2.45, 2.75) is 45.7 Å². The van der Waals surface area contributed by atoms with E-state index in [9.17, 15) is 0 Å². The van der Waals surface area contributed by atoms with Gasteiger partial charge in [0.25, 0.3) is 0 Å². The zero-order chi connectivity index (χ0) is 13.0. The van der Waals surface area contributed by atoms with E-state index in [1.54, 1.807) is 0 Å². The third-order valence-corrected chi connectivity index (χ3v) is 4.27. The van der Waals surface area contributed by atoms with Crippen molar-refractivity contribution in [1.82, 2.24) is 4.90 Å². The van der Waals surface area contributed by atoms with E-state index in [2.05, 4.69) is 59.5 Å². The second kappa shape index (κ2) is 6.64. The van der Waals surface area contributed by atoms with Crippen LogP contribution in [0.1, 0.15) is 33.6 Å². The number of aliphatic imine (C=N–C) groups is 1. The number of hydrogen-bond acceptors (Lipinski definition) is 2. The van der Waals surface area contributed by atoms with Crippen molar-refractivity contribution in [3.05, 3.63) is 20.5 Å². The first-order chi connectivity index (χ1) is 8.06. The van der Waals surface area contributed by atoms with Crippen molar-refractivity contribution in [2.24, 2.45) is 10.7 Å². The van der Waals surface area contributed by atoms with Crippen LogP contribution in [0, 0.1) is 0 Å². The van der Waals surface area contributed by atoms with Crippen LogP contribution >= 0.6 is 34.2 Å². The van der Waals surface area contributed by atoms with E-state index in [0.717, 1.165) is 22.0 Å². The number of nitrogens with two attached hydrogens (primary N) is 1. The first-order valence-electron chi connectivity index (χ1n) is 5.85. The Kier molecular flexibility index (Phi) is 5.79. The Morgan fingerprint density at radius 1 is 1.71 bits per heavy atom. The average molecular weight is 368 g/mol. The minimum Gasteiger partial charge on any atom is -0.390 e. The first-order valence-corrected chi connectivity index (χ1v) is 7.31. The van der Waals surface area contributed by atoms with Gasteiger partial charge in [-0.15, -0.1) is 0 Å². The largest absolute Gasteiger partial charge is 0.390 e. The van der Waals surface area contributed by atoms with Gasteiger partial charge in [-0.2, -0.15) is 0 Å². The van der Waals surface area contributed by atoms with Crippen LogP contribution in [0.5, 0.6) is 0 Å². The fourth-order valence-corrected chi connectivity index (χ4v) is 3.41. The summed E-state index contributed by atoms with van der Waals surface area (Å²) in [6, 6.07) is 0.821. The Balaban J connectivity index is 3.11. The number of halogens is 2. The Labute approximate surface area is 122 Å². The Morgan fingerprint density at radius 3 is 2.82 bits per heavy atom. The lowest BCUT2D eigenvalue weighted by molar-refractivity contribution is 0.245. The molecule has 0 aromatic heterocycles. The lowest BCUT2D eigenvalue weighted by Gasteiger charge is -2.31. The fourth-order valence-electron chi connectivity index (χ4n) is 2.03. The predicted molar refractivity (Wildman–Crippen MR) is 83.3 cm³/mol. The summed E-state index contributed by atoms with van der Waals surface area (Å²) in [5.41, 5.74) is 6.40. The van der Waals surface area contributed by atoms with Crippen LogP contribution in [0.4, 0.5) is 0 Å². The van der Waals surface area contributed by atoms with Crippen molar-refractivity contribution < 1.29 is 0 Å². The molecule has 1 rings (SSSR count). The molecule has 2 N–H and O–H groups in total. The third-order valence-electron chi connectivity index (χ3n) is 3.11. The number of rotatable bonds is 4. The maximum atomic E-state index is 6.20. The normalized spacial score (nSPS) is 25.4. The lowest BCUT2D eigenvalue weighted by atomic mass is 10.1. The SMILES string of the molecule is CCC(C)N1C=C(I)/C(=C(Cl)/N=C\N)C1CC. The predicted octanol–water partition coefficient (Wildman–Crippen LogP) is 3.59. The van der Waals surface area contributed by atoms with E-state index in [4.69, 9.17) is 17.3 Å². The van der Waals surface area contributed by atoms with Gasteiger partial charge in [-0.05, 0) is 42.4 Å². The minimum absolute atomic E-state index is 0.313. The molecule has 0 radical (unpaired) electrons. The van der Waals surface area contributed by atoms with Crippen LogP contribution in [-0.4, -0.2) is 23.3 Å². The van der Waals surface area contributed by atoms with Crippen LogP contribution in [0.25, 0.3) is 0 Å². The highest BCUT2D eigenvalue weighted by Crippen LogP contribution is 2.38. The summed E-state index contributed by atoms with van der Waals surface area (Å²) in [7, 11) is 0. The van der Waals surface area contributed by atoms with Gasteiger partial charge in [0, 0.05) is 21.4 Å². The van der Waals surface area contributed by atoms with Gasteiger partial charge >= 0.3 is 0 Å². The van der Waals surface area contributed by atoms with Crippen LogP contribution in [0.2, 0.25) is 0 Å². The molecular weight excluding hydrogens is 349 g/mol. The highest BCUT2D eigenvalue weighted by molar-refractivity contribution is 14.1. The van der Waals surface area contributed by atoms with Gasteiger partial charge in [0.05, 0.1) is 12.4 Å². The molecule has 0 aromatic rings. The average Bonchev–Trinajstić information content (AvgIpc) is 2.65. The van der Waals surface area contributed by atoms with Crippen LogP contribution in [0.3, 0.4) is 0 Å².